The Labute approximate surface area is 179 Å². The predicted octanol–water partition coefficient (Wildman–Crippen LogP) is 6.21. The zero-order valence-corrected chi connectivity index (χ0v) is 19.1. The van der Waals surface area contributed by atoms with Crippen LogP contribution in [0, 0.1) is 0 Å². The SMILES string of the molecule is CCCCCCCCOc1cc(CNCCN)cc(OCCCCCCCC)c1. The molecule has 0 atom stereocenters. The van der Waals surface area contributed by atoms with Crippen molar-refractivity contribution in [1.29, 1.82) is 0 Å². The van der Waals surface area contributed by atoms with Crippen LogP contribution in [0.1, 0.15) is 96.5 Å². The number of unbranched alkanes of at least 4 members (excludes halogenated alkanes) is 10. The Kier molecular flexibility index (Phi) is 16.7. The number of hydrogen-bond donors (Lipinski definition) is 2. The van der Waals surface area contributed by atoms with Crippen molar-refractivity contribution in [2.24, 2.45) is 5.73 Å². The summed E-state index contributed by atoms with van der Waals surface area (Å²) in [6, 6.07) is 6.29. The van der Waals surface area contributed by atoms with Crippen LogP contribution in [0.2, 0.25) is 0 Å². The molecule has 1 aromatic carbocycles. The fraction of sp³-hybridized carbons (Fsp3) is 0.760. The van der Waals surface area contributed by atoms with Gasteiger partial charge in [0.15, 0.2) is 0 Å². The van der Waals surface area contributed by atoms with E-state index in [-0.39, 0.29) is 0 Å². The maximum absolute atomic E-state index is 6.04. The molecule has 0 unspecified atom stereocenters. The molecule has 0 amide bonds. The van der Waals surface area contributed by atoms with Gasteiger partial charge >= 0.3 is 0 Å². The molecule has 3 N–H and O–H groups in total. The van der Waals surface area contributed by atoms with Crippen LogP contribution < -0.4 is 20.5 Å². The second-order valence-electron chi connectivity index (χ2n) is 8.01. The molecule has 0 heterocycles. The monoisotopic (exact) mass is 406 g/mol. The smallest absolute Gasteiger partial charge is 0.123 e. The van der Waals surface area contributed by atoms with E-state index in [4.69, 9.17) is 15.2 Å². The molecule has 29 heavy (non-hydrogen) atoms. The number of rotatable bonds is 20. The fourth-order valence-corrected chi connectivity index (χ4v) is 3.38. The first-order chi connectivity index (χ1) is 14.3. The first kappa shape index (κ1) is 25.8. The van der Waals surface area contributed by atoms with Gasteiger partial charge in [0.05, 0.1) is 13.2 Å². The Morgan fingerprint density at radius 1 is 0.690 bits per heavy atom. The van der Waals surface area contributed by atoms with E-state index < -0.39 is 0 Å². The zero-order valence-electron chi connectivity index (χ0n) is 19.1. The van der Waals surface area contributed by atoms with Crippen molar-refractivity contribution < 1.29 is 9.47 Å². The van der Waals surface area contributed by atoms with Crippen LogP contribution in [-0.4, -0.2) is 26.3 Å². The molecular weight excluding hydrogens is 360 g/mol. The van der Waals surface area contributed by atoms with E-state index in [1.807, 2.05) is 6.07 Å². The average molecular weight is 407 g/mol. The van der Waals surface area contributed by atoms with E-state index in [0.29, 0.717) is 6.54 Å². The number of nitrogens with one attached hydrogen (secondary N) is 1. The highest BCUT2D eigenvalue weighted by Crippen LogP contribution is 2.24. The number of ether oxygens (including phenoxy) is 2. The number of benzene rings is 1. The molecule has 4 heteroatoms. The summed E-state index contributed by atoms with van der Waals surface area (Å²) in [6.45, 7) is 8.33. The van der Waals surface area contributed by atoms with Crippen molar-refractivity contribution in [2.45, 2.75) is 97.4 Å². The van der Waals surface area contributed by atoms with E-state index in [1.54, 1.807) is 0 Å². The molecule has 0 aromatic heterocycles. The maximum atomic E-state index is 6.04. The van der Waals surface area contributed by atoms with Crippen molar-refractivity contribution in [3.05, 3.63) is 23.8 Å². The van der Waals surface area contributed by atoms with Gasteiger partial charge in [0.1, 0.15) is 11.5 Å². The van der Waals surface area contributed by atoms with E-state index in [1.165, 1.54) is 69.8 Å². The van der Waals surface area contributed by atoms with Crippen LogP contribution in [0.4, 0.5) is 0 Å². The minimum atomic E-state index is 0.648. The Hall–Kier alpha value is -1.26. The van der Waals surface area contributed by atoms with Gasteiger partial charge in [-0.15, -0.1) is 0 Å². The Morgan fingerprint density at radius 3 is 1.66 bits per heavy atom. The highest BCUT2D eigenvalue weighted by molar-refractivity contribution is 5.38. The summed E-state index contributed by atoms with van der Waals surface area (Å²) in [5.41, 5.74) is 6.78. The van der Waals surface area contributed by atoms with Crippen LogP contribution in [0.25, 0.3) is 0 Å². The van der Waals surface area contributed by atoms with Crippen molar-refractivity contribution in [2.75, 3.05) is 26.3 Å². The van der Waals surface area contributed by atoms with Gasteiger partial charge in [-0.3, -0.25) is 0 Å². The Morgan fingerprint density at radius 2 is 1.17 bits per heavy atom. The van der Waals surface area contributed by atoms with Gasteiger partial charge in [0.2, 0.25) is 0 Å². The van der Waals surface area contributed by atoms with Crippen molar-refractivity contribution in [3.8, 4) is 11.5 Å². The van der Waals surface area contributed by atoms with Crippen molar-refractivity contribution >= 4 is 0 Å². The summed E-state index contributed by atoms with van der Waals surface area (Å²) in [7, 11) is 0. The second kappa shape index (κ2) is 18.7. The molecule has 0 saturated carbocycles. The van der Waals surface area contributed by atoms with Gasteiger partial charge in [-0.1, -0.05) is 78.1 Å². The first-order valence-corrected chi connectivity index (χ1v) is 12.1. The van der Waals surface area contributed by atoms with E-state index >= 15 is 0 Å². The molecule has 0 spiro atoms. The number of nitrogens with two attached hydrogens (primary N) is 1. The largest absolute Gasteiger partial charge is 0.493 e. The highest BCUT2D eigenvalue weighted by Gasteiger charge is 2.04. The molecule has 4 nitrogen and oxygen atoms in total. The maximum Gasteiger partial charge on any atom is 0.123 e. The molecule has 168 valence electrons. The van der Waals surface area contributed by atoms with E-state index in [0.717, 1.165) is 50.6 Å². The lowest BCUT2D eigenvalue weighted by Gasteiger charge is -2.13. The molecule has 1 rings (SSSR count). The summed E-state index contributed by atoms with van der Waals surface area (Å²) in [5, 5.41) is 3.36. The van der Waals surface area contributed by atoms with Crippen LogP contribution in [0.5, 0.6) is 11.5 Å². The van der Waals surface area contributed by atoms with Crippen molar-refractivity contribution in [3.63, 3.8) is 0 Å². The number of hydrogen-bond acceptors (Lipinski definition) is 4. The van der Waals surface area contributed by atoms with Crippen LogP contribution >= 0.6 is 0 Å². The van der Waals surface area contributed by atoms with Gasteiger partial charge in [-0.2, -0.15) is 0 Å². The summed E-state index contributed by atoms with van der Waals surface area (Å²) in [4.78, 5) is 0. The third-order valence-electron chi connectivity index (χ3n) is 5.12. The van der Waals surface area contributed by atoms with Gasteiger partial charge in [0.25, 0.3) is 0 Å². The molecule has 1 aromatic rings. The normalized spacial score (nSPS) is 11.0. The van der Waals surface area contributed by atoms with Gasteiger partial charge in [-0.05, 0) is 30.5 Å². The van der Waals surface area contributed by atoms with Gasteiger partial charge < -0.3 is 20.5 Å². The van der Waals surface area contributed by atoms with Crippen LogP contribution in [0.15, 0.2) is 18.2 Å². The molecule has 0 bridgehead atoms. The summed E-state index contributed by atoms with van der Waals surface area (Å²) >= 11 is 0. The van der Waals surface area contributed by atoms with Crippen molar-refractivity contribution in [1.82, 2.24) is 5.32 Å². The summed E-state index contributed by atoms with van der Waals surface area (Å²) in [6.07, 6.45) is 15.3. The topological polar surface area (TPSA) is 56.5 Å². The van der Waals surface area contributed by atoms with Gasteiger partial charge in [0, 0.05) is 25.7 Å². The molecule has 0 aliphatic carbocycles. The first-order valence-electron chi connectivity index (χ1n) is 12.1. The van der Waals surface area contributed by atoms with Crippen LogP contribution in [-0.2, 0) is 6.54 Å². The lowest BCUT2D eigenvalue weighted by atomic mass is 10.1. The van der Waals surface area contributed by atoms with E-state index in [2.05, 4.69) is 31.3 Å². The predicted molar refractivity (Wildman–Crippen MR) is 125 cm³/mol. The minimum absolute atomic E-state index is 0.648. The molecule has 0 fully saturated rings. The summed E-state index contributed by atoms with van der Waals surface area (Å²) < 4.78 is 12.1. The Balaban J connectivity index is 2.42. The Bertz CT molecular complexity index is 457. The third-order valence-corrected chi connectivity index (χ3v) is 5.12. The minimum Gasteiger partial charge on any atom is -0.493 e. The average Bonchev–Trinajstić information content (AvgIpc) is 2.72. The van der Waals surface area contributed by atoms with E-state index in [9.17, 15) is 0 Å². The van der Waals surface area contributed by atoms with Crippen LogP contribution in [0.3, 0.4) is 0 Å². The molecule has 0 aliphatic rings. The molecule has 0 saturated heterocycles. The lowest BCUT2D eigenvalue weighted by Crippen LogP contribution is -2.21. The molecule has 0 aliphatic heterocycles. The lowest BCUT2D eigenvalue weighted by molar-refractivity contribution is 0.289. The van der Waals surface area contributed by atoms with Gasteiger partial charge in [-0.25, -0.2) is 0 Å². The standard InChI is InChI=1S/C25H46N2O2/c1-3-5-7-9-11-13-17-28-24-19-23(22-27-16-15-26)20-25(21-24)29-18-14-12-10-8-6-4-2/h19-21,27H,3-18,22,26H2,1-2H3. The highest BCUT2D eigenvalue weighted by atomic mass is 16.5. The zero-order chi connectivity index (χ0) is 21.0. The quantitative estimate of drug-likeness (QED) is 0.253. The summed E-state index contributed by atoms with van der Waals surface area (Å²) in [5.74, 6) is 1.84. The molecular formula is C25H46N2O2. The third kappa shape index (κ3) is 14.4. The second-order valence-corrected chi connectivity index (χ2v) is 8.01. The molecule has 0 radical (unpaired) electrons. The fourth-order valence-electron chi connectivity index (χ4n) is 3.38.